The maximum absolute atomic E-state index is 12.3. The highest BCUT2D eigenvalue weighted by Gasteiger charge is 2.38. The summed E-state index contributed by atoms with van der Waals surface area (Å²) in [6, 6.07) is 7.15. The predicted molar refractivity (Wildman–Crippen MR) is 89.5 cm³/mol. The van der Waals surface area contributed by atoms with Crippen molar-refractivity contribution < 1.29 is 19.1 Å². The average Bonchev–Trinajstić information content (AvgIpc) is 2.90. The van der Waals surface area contributed by atoms with Crippen LogP contribution >= 0.6 is 0 Å². The van der Waals surface area contributed by atoms with Crippen molar-refractivity contribution in [2.24, 2.45) is 11.7 Å². The lowest BCUT2D eigenvalue weighted by atomic mass is 10.0. The minimum Gasteiger partial charge on any atom is -0.494 e. The van der Waals surface area contributed by atoms with Crippen LogP contribution in [0.15, 0.2) is 24.3 Å². The Kier molecular flexibility index (Phi) is 5.11. The zero-order valence-corrected chi connectivity index (χ0v) is 14.2. The van der Waals surface area contributed by atoms with Gasteiger partial charge in [-0.3, -0.25) is 14.4 Å². The lowest BCUT2D eigenvalue weighted by Gasteiger charge is -2.24. The summed E-state index contributed by atoms with van der Waals surface area (Å²) in [4.78, 5) is 37.4. The normalized spacial score (nSPS) is 17.7. The zero-order valence-electron chi connectivity index (χ0n) is 14.2. The van der Waals surface area contributed by atoms with Gasteiger partial charge in [-0.1, -0.05) is 0 Å². The Morgan fingerprint density at radius 2 is 1.96 bits per heavy atom. The van der Waals surface area contributed by atoms with Gasteiger partial charge in [0.15, 0.2) is 0 Å². The molecule has 3 amide bonds. The van der Waals surface area contributed by atoms with Crippen molar-refractivity contribution in [3.8, 4) is 5.75 Å². The van der Waals surface area contributed by atoms with Crippen LogP contribution in [0.3, 0.4) is 0 Å². The van der Waals surface area contributed by atoms with E-state index in [1.807, 2.05) is 6.92 Å². The number of primary amides is 1. The third-order valence-electron chi connectivity index (χ3n) is 4.01. The summed E-state index contributed by atoms with van der Waals surface area (Å²) in [5.74, 6) is -0.881. The van der Waals surface area contributed by atoms with E-state index in [9.17, 15) is 14.4 Å². The van der Waals surface area contributed by atoms with Crippen LogP contribution in [0.2, 0.25) is 0 Å². The van der Waals surface area contributed by atoms with E-state index in [0.717, 1.165) is 5.75 Å². The number of amides is 3. The van der Waals surface area contributed by atoms with Crippen LogP contribution in [-0.4, -0.2) is 36.4 Å². The molecular weight excluding hydrogens is 310 g/mol. The van der Waals surface area contributed by atoms with Crippen molar-refractivity contribution in [2.75, 3.05) is 18.1 Å². The van der Waals surface area contributed by atoms with Gasteiger partial charge in [0.05, 0.1) is 12.5 Å². The number of rotatable bonds is 6. The summed E-state index contributed by atoms with van der Waals surface area (Å²) in [6.07, 6.45) is 0.105. The van der Waals surface area contributed by atoms with Gasteiger partial charge in [0, 0.05) is 18.7 Å². The number of carbonyl (C=O) groups excluding carboxylic acids is 3. The fourth-order valence-electron chi connectivity index (χ4n) is 2.49. The first-order chi connectivity index (χ1) is 11.2. The summed E-state index contributed by atoms with van der Waals surface area (Å²) in [5.41, 5.74) is 4.83. The molecule has 2 rings (SSSR count). The highest BCUT2D eigenvalue weighted by Crippen LogP contribution is 2.27. The number of nitrogens with zero attached hydrogens (tertiary/aromatic N) is 1. The molecule has 1 aromatic carbocycles. The number of carbonyl (C=O) groups is 3. The van der Waals surface area contributed by atoms with Crippen LogP contribution in [0.25, 0.3) is 0 Å². The number of hydrogen-bond acceptors (Lipinski definition) is 4. The number of hydrogen-bond donors (Lipinski definition) is 2. The Morgan fingerprint density at radius 1 is 1.33 bits per heavy atom. The third kappa shape index (κ3) is 3.84. The van der Waals surface area contributed by atoms with E-state index in [2.05, 4.69) is 5.32 Å². The zero-order chi connectivity index (χ0) is 17.9. The third-order valence-corrected chi connectivity index (χ3v) is 4.01. The summed E-state index contributed by atoms with van der Waals surface area (Å²) in [5, 5.41) is 2.60. The summed E-state index contributed by atoms with van der Waals surface area (Å²) >= 11 is 0. The van der Waals surface area contributed by atoms with Crippen molar-refractivity contribution in [1.82, 2.24) is 5.32 Å². The molecule has 0 aromatic heterocycles. The van der Waals surface area contributed by atoms with Gasteiger partial charge in [-0.15, -0.1) is 0 Å². The number of anilines is 1. The summed E-state index contributed by atoms with van der Waals surface area (Å²) < 4.78 is 5.38. The molecule has 0 radical (unpaired) electrons. The Balaban J connectivity index is 2.05. The van der Waals surface area contributed by atoms with Crippen LogP contribution in [0.5, 0.6) is 5.75 Å². The van der Waals surface area contributed by atoms with Crippen molar-refractivity contribution >= 4 is 23.4 Å². The molecule has 1 heterocycles. The molecular formula is C17H23N3O4. The molecule has 0 aliphatic carbocycles. The quantitative estimate of drug-likeness (QED) is 0.804. The minimum atomic E-state index is -1.15. The number of benzene rings is 1. The molecule has 1 atom stereocenters. The summed E-state index contributed by atoms with van der Waals surface area (Å²) in [6.45, 7) is 5.81. The monoisotopic (exact) mass is 333 g/mol. The molecule has 7 nitrogen and oxygen atoms in total. The van der Waals surface area contributed by atoms with Gasteiger partial charge in [-0.05, 0) is 45.0 Å². The van der Waals surface area contributed by atoms with Crippen LogP contribution < -0.4 is 20.7 Å². The van der Waals surface area contributed by atoms with E-state index in [0.29, 0.717) is 12.3 Å². The van der Waals surface area contributed by atoms with Gasteiger partial charge in [0.2, 0.25) is 17.7 Å². The second-order valence-electron chi connectivity index (χ2n) is 6.31. The second kappa shape index (κ2) is 6.90. The predicted octanol–water partition coefficient (Wildman–Crippen LogP) is 0.818. The van der Waals surface area contributed by atoms with Crippen molar-refractivity contribution in [1.29, 1.82) is 0 Å². The molecule has 1 aromatic rings. The first-order valence-corrected chi connectivity index (χ1v) is 7.89. The first-order valence-electron chi connectivity index (χ1n) is 7.89. The standard InChI is InChI=1S/C17H23N3O4/c1-4-24-13-7-5-12(6-8-13)20-10-11(9-14(20)21)15(22)19-17(2,3)16(18)23/h5-8,11H,4,9-10H2,1-3H3,(H2,18,23)(H,19,22)/t11-/m1/s1. The first kappa shape index (κ1) is 17.8. The van der Waals surface area contributed by atoms with Gasteiger partial charge in [0.1, 0.15) is 11.3 Å². The number of ether oxygens (including phenoxy) is 1. The fraction of sp³-hybridized carbons (Fsp3) is 0.471. The van der Waals surface area contributed by atoms with E-state index in [4.69, 9.17) is 10.5 Å². The van der Waals surface area contributed by atoms with E-state index in [1.54, 1.807) is 29.2 Å². The van der Waals surface area contributed by atoms with Gasteiger partial charge >= 0.3 is 0 Å². The molecule has 130 valence electrons. The lowest BCUT2D eigenvalue weighted by molar-refractivity contribution is -0.132. The minimum absolute atomic E-state index is 0.105. The largest absolute Gasteiger partial charge is 0.494 e. The van der Waals surface area contributed by atoms with Crippen molar-refractivity contribution in [2.45, 2.75) is 32.7 Å². The van der Waals surface area contributed by atoms with E-state index < -0.39 is 17.4 Å². The molecule has 0 spiro atoms. The van der Waals surface area contributed by atoms with Crippen LogP contribution in [0.1, 0.15) is 27.2 Å². The highest BCUT2D eigenvalue weighted by atomic mass is 16.5. The Morgan fingerprint density at radius 3 is 2.50 bits per heavy atom. The van der Waals surface area contributed by atoms with Crippen LogP contribution in [0, 0.1) is 5.92 Å². The molecule has 1 aliphatic rings. The molecule has 0 saturated carbocycles. The van der Waals surface area contributed by atoms with E-state index in [-0.39, 0.29) is 24.8 Å². The van der Waals surface area contributed by atoms with Gasteiger partial charge in [0.25, 0.3) is 0 Å². The van der Waals surface area contributed by atoms with Crippen LogP contribution in [0.4, 0.5) is 5.69 Å². The molecule has 1 fully saturated rings. The molecule has 0 bridgehead atoms. The van der Waals surface area contributed by atoms with E-state index >= 15 is 0 Å². The molecule has 7 heteroatoms. The Bertz CT molecular complexity index is 640. The summed E-state index contributed by atoms with van der Waals surface area (Å²) in [7, 11) is 0. The van der Waals surface area contributed by atoms with Crippen molar-refractivity contribution in [3.05, 3.63) is 24.3 Å². The molecule has 24 heavy (non-hydrogen) atoms. The molecule has 0 unspecified atom stereocenters. The van der Waals surface area contributed by atoms with Gasteiger partial charge < -0.3 is 20.7 Å². The number of nitrogens with one attached hydrogen (secondary N) is 1. The Labute approximate surface area is 141 Å². The topological polar surface area (TPSA) is 102 Å². The SMILES string of the molecule is CCOc1ccc(N2C[C@H](C(=O)NC(C)(C)C(N)=O)CC2=O)cc1. The second-order valence-corrected chi connectivity index (χ2v) is 6.31. The molecule has 1 aliphatic heterocycles. The fourth-order valence-corrected chi connectivity index (χ4v) is 2.49. The van der Waals surface area contributed by atoms with Gasteiger partial charge in [-0.25, -0.2) is 0 Å². The van der Waals surface area contributed by atoms with E-state index in [1.165, 1.54) is 13.8 Å². The maximum Gasteiger partial charge on any atom is 0.242 e. The van der Waals surface area contributed by atoms with Gasteiger partial charge in [-0.2, -0.15) is 0 Å². The Hall–Kier alpha value is -2.57. The smallest absolute Gasteiger partial charge is 0.242 e. The van der Waals surface area contributed by atoms with Crippen molar-refractivity contribution in [3.63, 3.8) is 0 Å². The highest BCUT2D eigenvalue weighted by molar-refractivity contribution is 6.01. The molecule has 3 N–H and O–H groups in total. The van der Waals surface area contributed by atoms with Crippen LogP contribution in [-0.2, 0) is 14.4 Å². The maximum atomic E-state index is 12.3. The molecule has 1 saturated heterocycles. The lowest BCUT2D eigenvalue weighted by Crippen LogP contribution is -2.54. The average molecular weight is 333 g/mol. The number of nitrogens with two attached hydrogens (primary N) is 1.